The van der Waals surface area contributed by atoms with Crippen molar-refractivity contribution in [1.82, 2.24) is 5.32 Å². The summed E-state index contributed by atoms with van der Waals surface area (Å²) in [6, 6.07) is -0.688. The summed E-state index contributed by atoms with van der Waals surface area (Å²) in [6.07, 6.45) is 6.74. The molecule has 0 radical (unpaired) electrons. The van der Waals surface area contributed by atoms with Crippen LogP contribution in [0.25, 0.3) is 0 Å². The molecular weight excluding hydrogens is 192 g/mol. The first-order valence-electron chi connectivity index (χ1n) is 5.12. The first-order valence-corrected chi connectivity index (χ1v) is 5.12. The van der Waals surface area contributed by atoms with Crippen molar-refractivity contribution in [2.45, 2.75) is 44.8 Å². The van der Waals surface area contributed by atoms with Crippen LogP contribution in [-0.4, -0.2) is 29.2 Å². The van der Waals surface area contributed by atoms with Crippen molar-refractivity contribution in [3.8, 4) is 12.3 Å². The molecule has 4 N–H and O–H groups in total. The normalized spacial score (nSPS) is 16.2. The molecule has 2 unspecified atom stereocenters. The highest BCUT2D eigenvalue weighted by Crippen LogP contribution is 2.09. The van der Waals surface area contributed by atoms with Crippen molar-refractivity contribution in [2.24, 2.45) is 5.73 Å². The smallest absolute Gasteiger partial charge is 0.238 e. The minimum absolute atomic E-state index is 0.206. The second-order valence-corrected chi connectivity index (χ2v) is 3.98. The number of terminal acetylenes is 1. The van der Waals surface area contributed by atoms with Gasteiger partial charge in [-0.15, -0.1) is 12.3 Å². The second-order valence-electron chi connectivity index (χ2n) is 3.98. The van der Waals surface area contributed by atoms with Crippen molar-refractivity contribution in [2.75, 3.05) is 6.54 Å². The first-order chi connectivity index (χ1) is 6.93. The molecule has 0 rings (SSSR count). The highest BCUT2D eigenvalue weighted by Gasteiger charge is 2.21. The van der Waals surface area contributed by atoms with Gasteiger partial charge in [0.2, 0.25) is 5.91 Å². The minimum Gasteiger partial charge on any atom is -0.388 e. The van der Waals surface area contributed by atoms with Gasteiger partial charge >= 0.3 is 0 Å². The fraction of sp³-hybridized carbons (Fsp3) is 0.727. The van der Waals surface area contributed by atoms with Gasteiger partial charge in [0.25, 0.3) is 0 Å². The van der Waals surface area contributed by atoms with E-state index >= 15 is 0 Å². The van der Waals surface area contributed by atoms with Crippen LogP contribution in [0.3, 0.4) is 0 Å². The van der Waals surface area contributed by atoms with E-state index in [2.05, 4.69) is 11.2 Å². The van der Waals surface area contributed by atoms with E-state index in [4.69, 9.17) is 12.2 Å². The van der Waals surface area contributed by atoms with E-state index in [-0.39, 0.29) is 18.9 Å². The zero-order valence-corrected chi connectivity index (χ0v) is 9.42. The fourth-order valence-electron chi connectivity index (χ4n) is 1.26. The van der Waals surface area contributed by atoms with E-state index in [0.717, 1.165) is 6.42 Å². The largest absolute Gasteiger partial charge is 0.388 e. The van der Waals surface area contributed by atoms with Crippen LogP contribution in [0.2, 0.25) is 0 Å². The molecule has 0 bridgehead atoms. The van der Waals surface area contributed by atoms with E-state index in [9.17, 15) is 9.90 Å². The molecule has 15 heavy (non-hydrogen) atoms. The number of aliphatic hydroxyl groups is 1. The van der Waals surface area contributed by atoms with Crippen molar-refractivity contribution in [3.63, 3.8) is 0 Å². The molecule has 0 aromatic rings. The summed E-state index contributed by atoms with van der Waals surface area (Å²) in [5.74, 6) is 2.01. The average molecular weight is 212 g/mol. The Labute approximate surface area is 91.2 Å². The molecule has 0 aliphatic heterocycles. The Bertz CT molecular complexity index is 243. The van der Waals surface area contributed by atoms with Crippen molar-refractivity contribution in [1.29, 1.82) is 0 Å². The van der Waals surface area contributed by atoms with Crippen LogP contribution in [0.15, 0.2) is 0 Å². The van der Waals surface area contributed by atoms with Crippen LogP contribution in [0.5, 0.6) is 0 Å². The van der Waals surface area contributed by atoms with Gasteiger partial charge in [0.1, 0.15) is 0 Å². The number of amides is 1. The van der Waals surface area contributed by atoms with E-state index in [1.165, 1.54) is 0 Å². The van der Waals surface area contributed by atoms with E-state index in [0.29, 0.717) is 6.42 Å². The number of nitrogens with one attached hydrogen (secondary N) is 1. The molecule has 0 aromatic carbocycles. The number of rotatable bonds is 6. The zero-order valence-electron chi connectivity index (χ0n) is 9.42. The third-order valence-corrected chi connectivity index (χ3v) is 2.11. The molecule has 4 heteroatoms. The molecule has 0 spiro atoms. The second kappa shape index (κ2) is 6.44. The van der Waals surface area contributed by atoms with Gasteiger partial charge < -0.3 is 16.2 Å². The molecule has 0 aliphatic carbocycles. The van der Waals surface area contributed by atoms with Gasteiger partial charge in [0, 0.05) is 13.0 Å². The van der Waals surface area contributed by atoms with Crippen LogP contribution in [0.4, 0.5) is 0 Å². The molecule has 0 aliphatic rings. The molecule has 2 atom stereocenters. The summed E-state index contributed by atoms with van der Waals surface area (Å²) < 4.78 is 0. The molecule has 0 heterocycles. The Hall–Kier alpha value is -1.05. The molecule has 0 saturated heterocycles. The van der Waals surface area contributed by atoms with Gasteiger partial charge in [0.05, 0.1) is 11.6 Å². The summed E-state index contributed by atoms with van der Waals surface area (Å²) in [6.45, 7) is 3.86. The third kappa shape index (κ3) is 6.10. The van der Waals surface area contributed by atoms with E-state index in [1.807, 2.05) is 6.92 Å². The molecule has 0 saturated carbocycles. The van der Waals surface area contributed by atoms with Gasteiger partial charge in [-0.3, -0.25) is 4.79 Å². The molecular formula is C11H20N2O2. The van der Waals surface area contributed by atoms with Gasteiger partial charge in [-0.25, -0.2) is 0 Å². The monoisotopic (exact) mass is 212 g/mol. The highest BCUT2D eigenvalue weighted by atomic mass is 16.3. The lowest BCUT2D eigenvalue weighted by molar-refractivity contribution is -0.123. The first kappa shape index (κ1) is 13.9. The average Bonchev–Trinajstić information content (AvgIpc) is 2.14. The summed E-state index contributed by atoms with van der Waals surface area (Å²) in [7, 11) is 0. The van der Waals surface area contributed by atoms with E-state index < -0.39 is 11.6 Å². The van der Waals surface area contributed by atoms with Gasteiger partial charge in [-0.2, -0.15) is 0 Å². The maximum Gasteiger partial charge on any atom is 0.238 e. The maximum atomic E-state index is 11.3. The molecule has 86 valence electrons. The number of hydrogen-bond donors (Lipinski definition) is 3. The predicted molar refractivity (Wildman–Crippen MR) is 60.0 cm³/mol. The number of carbonyl (C=O) groups is 1. The number of hydrogen-bond acceptors (Lipinski definition) is 3. The van der Waals surface area contributed by atoms with Crippen LogP contribution < -0.4 is 11.1 Å². The standard InChI is InChI=1S/C11H20N2O2/c1-4-6-9(12)10(14)13-8-11(3,15)7-5-2/h1,9,15H,5-8,12H2,2-3H3,(H,13,14). The number of carbonyl (C=O) groups excluding carboxylic acids is 1. The van der Waals surface area contributed by atoms with Crippen molar-refractivity contribution < 1.29 is 9.90 Å². The quantitative estimate of drug-likeness (QED) is 0.543. The zero-order chi connectivity index (χ0) is 11.9. The summed E-state index contributed by atoms with van der Waals surface area (Å²) >= 11 is 0. The maximum absolute atomic E-state index is 11.3. The number of nitrogens with two attached hydrogens (primary N) is 1. The topological polar surface area (TPSA) is 75.4 Å². The van der Waals surface area contributed by atoms with Gasteiger partial charge in [-0.1, -0.05) is 13.3 Å². The Morgan fingerprint density at radius 2 is 2.33 bits per heavy atom. The molecule has 0 fully saturated rings. The minimum atomic E-state index is -0.875. The summed E-state index contributed by atoms with van der Waals surface area (Å²) in [5.41, 5.74) is 4.62. The highest BCUT2D eigenvalue weighted by molar-refractivity contribution is 5.81. The Balaban J connectivity index is 3.95. The summed E-state index contributed by atoms with van der Waals surface area (Å²) in [5, 5.41) is 12.4. The molecule has 4 nitrogen and oxygen atoms in total. The third-order valence-electron chi connectivity index (χ3n) is 2.11. The molecule has 1 amide bonds. The predicted octanol–water partition coefficient (Wildman–Crippen LogP) is 0.00430. The van der Waals surface area contributed by atoms with Crippen molar-refractivity contribution in [3.05, 3.63) is 0 Å². The SMILES string of the molecule is C#CCC(N)C(=O)NCC(C)(O)CCC. The van der Waals surface area contributed by atoms with Crippen LogP contribution in [0.1, 0.15) is 33.1 Å². The van der Waals surface area contributed by atoms with Crippen LogP contribution in [0, 0.1) is 12.3 Å². The lowest BCUT2D eigenvalue weighted by atomic mass is 10.0. The Kier molecular flexibility index (Phi) is 5.99. The summed E-state index contributed by atoms with van der Waals surface area (Å²) in [4.78, 5) is 11.3. The van der Waals surface area contributed by atoms with Crippen LogP contribution >= 0.6 is 0 Å². The van der Waals surface area contributed by atoms with Crippen LogP contribution in [-0.2, 0) is 4.79 Å². The fourth-order valence-corrected chi connectivity index (χ4v) is 1.26. The lowest BCUT2D eigenvalue weighted by Crippen LogP contribution is -2.46. The Morgan fingerprint density at radius 1 is 1.73 bits per heavy atom. The molecule has 0 aromatic heterocycles. The van der Waals surface area contributed by atoms with Gasteiger partial charge in [-0.05, 0) is 13.3 Å². The Morgan fingerprint density at radius 3 is 2.80 bits per heavy atom. The lowest BCUT2D eigenvalue weighted by Gasteiger charge is -2.23. The van der Waals surface area contributed by atoms with E-state index in [1.54, 1.807) is 6.92 Å². The van der Waals surface area contributed by atoms with Gasteiger partial charge in [0.15, 0.2) is 0 Å². The van der Waals surface area contributed by atoms with Crippen molar-refractivity contribution >= 4 is 5.91 Å².